The summed E-state index contributed by atoms with van der Waals surface area (Å²) in [5, 5.41) is 0. The lowest BCUT2D eigenvalue weighted by Gasteiger charge is -2.16. The van der Waals surface area contributed by atoms with E-state index in [9.17, 15) is 13.2 Å². The predicted octanol–water partition coefficient (Wildman–Crippen LogP) is 2.70. The molecule has 0 bridgehead atoms. The number of hydrogen-bond acceptors (Lipinski definition) is 4. The van der Waals surface area contributed by atoms with Crippen molar-refractivity contribution in [2.75, 3.05) is 17.8 Å². The fraction of sp³-hybridized carbons (Fsp3) is 0.316. The lowest BCUT2D eigenvalue weighted by molar-refractivity contribution is 0.0791. The SMILES string of the molecule is Cc1cccc(NS(=O)(=O)c2ccc(C(=O)N3CC[C@@H](N)C3)cc2)c1C.Cl. The Bertz CT molecular complexity index is 930. The minimum absolute atomic E-state index is 0. The Balaban J connectivity index is 0.00000261. The molecule has 3 rings (SSSR count). The third-order valence-corrected chi connectivity index (χ3v) is 6.15. The fourth-order valence-electron chi connectivity index (χ4n) is 3.00. The van der Waals surface area contributed by atoms with Gasteiger partial charge in [-0.2, -0.15) is 0 Å². The van der Waals surface area contributed by atoms with Gasteiger partial charge in [-0.3, -0.25) is 9.52 Å². The molecule has 0 aliphatic carbocycles. The van der Waals surface area contributed by atoms with E-state index >= 15 is 0 Å². The number of aryl methyl sites for hydroxylation is 1. The van der Waals surface area contributed by atoms with Gasteiger partial charge in [0, 0.05) is 24.7 Å². The van der Waals surface area contributed by atoms with E-state index < -0.39 is 10.0 Å². The van der Waals surface area contributed by atoms with Crippen molar-refractivity contribution in [2.24, 2.45) is 5.73 Å². The van der Waals surface area contributed by atoms with Crippen LogP contribution in [0.1, 0.15) is 27.9 Å². The Morgan fingerprint density at radius 2 is 1.81 bits per heavy atom. The first-order valence-corrected chi connectivity index (χ1v) is 10.0. The van der Waals surface area contributed by atoms with Gasteiger partial charge in [0.2, 0.25) is 0 Å². The number of benzene rings is 2. The Morgan fingerprint density at radius 3 is 2.41 bits per heavy atom. The number of amides is 1. The number of nitrogens with two attached hydrogens (primary N) is 1. The van der Waals surface area contributed by atoms with E-state index in [1.807, 2.05) is 26.0 Å². The van der Waals surface area contributed by atoms with E-state index in [2.05, 4.69) is 4.72 Å². The Labute approximate surface area is 166 Å². The van der Waals surface area contributed by atoms with Crippen LogP contribution in [0.2, 0.25) is 0 Å². The number of hydrogen-bond donors (Lipinski definition) is 2. The monoisotopic (exact) mass is 409 g/mol. The molecule has 3 N–H and O–H groups in total. The van der Waals surface area contributed by atoms with E-state index in [-0.39, 0.29) is 29.3 Å². The van der Waals surface area contributed by atoms with Gasteiger partial charge >= 0.3 is 0 Å². The molecule has 1 fully saturated rings. The molecule has 8 heteroatoms. The number of nitrogens with zero attached hydrogens (tertiary/aromatic N) is 1. The maximum absolute atomic E-state index is 12.6. The van der Waals surface area contributed by atoms with Crippen LogP contribution in [0.5, 0.6) is 0 Å². The fourth-order valence-corrected chi connectivity index (χ4v) is 4.12. The standard InChI is InChI=1S/C19H23N3O3S.ClH/c1-13-4-3-5-18(14(13)2)21-26(24,25)17-8-6-15(7-9-17)19(23)22-11-10-16(20)12-22;/h3-9,16,21H,10-12,20H2,1-2H3;1H/t16-;/m1./s1. The minimum Gasteiger partial charge on any atom is -0.337 e. The molecule has 1 heterocycles. The molecular weight excluding hydrogens is 386 g/mol. The van der Waals surface area contributed by atoms with Gasteiger partial charge in [0.1, 0.15) is 0 Å². The molecule has 1 aliphatic heterocycles. The van der Waals surface area contributed by atoms with E-state index in [0.29, 0.717) is 24.3 Å². The highest BCUT2D eigenvalue weighted by molar-refractivity contribution is 7.92. The number of nitrogens with one attached hydrogen (secondary N) is 1. The highest BCUT2D eigenvalue weighted by Crippen LogP contribution is 2.22. The zero-order valence-electron chi connectivity index (χ0n) is 15.3. The summed E-state index contributed by atoms with van der Waals surface area (Å²) in [4.78, 5) is 14.2. The summed E-state index contributed by atoms with van der Waals surface area (Å²) in [7, 11) is -3.72. The third-order valence-electron chi connectivity index (χ3n) is 4.77. The summed E-state index contributed by atoms with van der Waals surface area (Å²) in [5.41, 5.74) is 8.74. The summed E-state index contributed by atoms with van der Waals surface area (Å²) in [6.07, 6.45) is 0.790. The van der Waals surface area contributed by atoms with Crippen molar-refractivity contribution in [1.29, 1.82) is 0 Å². The summed E-state index contributed by atoms with van der Waals surface area (Å²) in [6.45, 7) is 4.97. The van der Waals surface area contributed by atoms with Gasteiger partial charge in [-0.25, -0.2) is 8.42 Å². The van der Waals surface area contributed by atoms with Crippen molar-refractivity contribution >= 4 is 34.0 Å². The lowest BCUT2D eigenvalue weighted by Crippen LogP contribution is -2.31. The van der Waals surface area contributed by atoms with Crippen molar-refractivity contribution in [2.45, 2.75) is 31.2 Å². The first-order valence-electron chi connectivity index (χ1n) is 8.52. The largest absolute Gasteiger partial charge is 0.337 e. The van der Waals surface area contributed by atoms with Crippen LogP contribution in [0.25, 0.3) is 0 Å². The first kappa shape index (κ1) is 21.2. The Kier molecular flexibility index (Phi) is 6.51. The number of sulfonamides is 1. The molecule has 27 heavy (non-hydrogen) atoms. The van der Waals surface area contributed by atoms with E-state index in [0.717, 1.165) is 17.5 Å². The summed E-state index contributed by atoms with van der Waals surface area (Å²) in [6, 6.07) is 11.5. The molecule has 0 unspecified atom stereocenters. The highest BCUT2D eigenvalue weighted by atomic mass is 35.5. The maximum atomic E-state index is 12.6. The normalized spacial score (nSPS) is 16.7. The third kappa shape index (κ3) is 4.61. The molecule has 0 spiro atoms. The smallest absolute Gasteiger partial charge is 0.261 e. The number of likely N-dealkylation sites (tertiary alicyclic amines) is 1. The van der Waals surface area contributed by atoms with Crippen molar-refractivity contribution in [1.82, 2.24) is 4.90 Å². The number of anilines is 1. The molecule has 1 amide bonds. The second kappa shape index (κ2) is 8.29. The quantitative estimate of drug-likeness (QED) is 0.811. The van der Waals surface area contributed by atoms with Crippen molar-refractivity contribution in [3.05, 3.63) is 59.2 Å². The van der Waals surface area contributed by atoms with Crippen LogP contribution in [0, 0.1) is 13.8 Å². The molecule has 0 saturated carbocycles. The second-order valence-electron chi connectivity index (χ2n) is 6.68. The lowest BCUT2D eigenvalue weighted by atomic mass is 10.1. The van der Waals surface area contributed by atoms with Gasteiger partial charge in [0.05, 0.1) is 10.6 Å². The summed E-state index contributed by atoms with van der Waals surface area (Å²) < 4.78 is 27.9. The molecule has 0 radical (unpaired) electrons. The van der Waals surface area contributed by atoms with E-state index in [4.69, 9.17) is 5.73 Å². The van der Waals surface area contributed by atoms with E-state index in [1.165, 1.54) is 12.1 Å². The zero-order chi connectivity index (χ0) is 18.9. The Morgan fingerprint density at radius 1 is 1.15 bits per heavy atom. The van der Waals surface area contributed by atoms with Crippen LogP contribution in [-0.2, 0) is 10.0 Å². The molecule has 1 atom stereocenters. The maximum Gasteiger partial charge on any atom is 0.261 e. The highest BCUT2D eigenvalue weighted by Gasteiger charge is 2.25. The second-order valence-corrected chi connectivity index (χ2v) is 8.36. The van der Waals surface area contributed by atoms with Gasteiger partial charge in [-0.15, -0.1) is 12.4 Å². The van der Waals surface area contributed by atoms with Gasteiger partial charge in [-0.05, 0) is 61.7 Å². The average Bonchev–Trinajstić information content (AvgIpc) is 3.05. The molecule has 2 aromatic rings. The van der Waals surface area contributed by atoms with Gasteiger partial charge in [0.25, 0.3) is 15.9 Å². The number of carbonyl (C=O) groups is 1. The van der Waals surface area contributed by atoms with Gasteiger partial charge < -0.3 is 10.6 Å². The molecule has 146 valence electrons. The van der Waals surface area contributed by atoms with Gasteiger partial charge in [-0.1, -0.05) is 12.1 Å². The molecule has 1 aliphatic rings. The molecule has 6 nitrogen and oxygen atoms in total. The Hall–Kier alpha value is -2.09. The number of carbonyl (C=O) groups excluding carboxylic acids is 1. The van der Waals surface area contributed by atoms with Crippen molar-refractivity contribution in [3.63, 3.8) is 0 Å². The summed E-state index contributed by atoms with van der Waals surface area (Å²) >= 11 is 0. The van der Waals surface area contributed by atoms with Crippen molar-refractivity contribution in [3.8, 4) is 0 Å². The predicted molar refractivity (Wildman–Crippen MR) is 109 cm³/mol. The van der Waals surface area contributed by atoms with Crippen LogP contribution in [0.15, 0.2) is 47.4 Å². The van der Waals surface area contributed by atoms with Crippen molar-refractivity contribution < 1.29 is 13.2 Å². The van der Waals surface area contributed by atoms with Crippen LogP contribution in [0.3, 0.4) is 0 Å². The molecule has 2 aromatic carbocycles. The minimum atomic E-state index is -3.72. The summed E-state index contributed by atoms with van der Waals surface area (Å²) in [5.74, 6) is -0.121. The number of halogens is 1. The van der Waals surface area contributed by atoms with E-state index in [1.54, 1.807) is 23.1 Å². The first-order chi connectivity index (χ1) is 12.3. The topological polar surface area (TPSA) is 92.5 Å². The van der Waals surface area contributed by atoms with Crippen LogP contribution >= 0.6 is 12.4 Å². The average molecular weight is 410 g/mol. The molecule has 0 aromatic heterocycles. The molecular formula is C19H24ClN3O3S. The number of rotatable bonds is 4. The van der Waals surface area contributed by atoms with Crippen LogP contribution < -0.4 is 10.5 Å². The van der Waals surface area contributed by atoms with Crippen LogP contribution in [0.4, 0.5) is 5.69 Å². The van der Waals surface area contributed by atoms with Gasteiger partial charge in [0.15, 0.2) is 0 Å². The molecule has 1 saturated heterocycles. The van der Waals surface area contributed by atoms with Crippen LogP contribution in [-0.4, -0.2) is 38.4 Å². The zero-order valence-corrected chi connectivity index (χ0v) is 16.9.